The van der Waals surface area contributed by atoms with E-state index in [0.717, 1.165) is 18.2 Å². The van der Waals surface area contributed by atoms with Crippen LogP contribution < -0.4 is 15.6 Å². The van der Waals surface area contributed by atoms with Crippen LogP contribution in [0.25, 0.3) is 0 Å². The summed E-state index contributed by atoms with van der Waals surface area (Å²) in [6.45, 7) is 0. The summed E-state index contributed by atoms with van der Waals surface area (Å²) in [4.78, 5) is 22.6. The largest absolute Gasteiger partial charge is 0.573 e. The Morgan fingerprint density at radius 3 is 2.52 bits per heavy atom. The second-order valence-electron chi connectivity index (χ2n) is 3.80. The van der Waals surface area contributed by atoms with Gasteiger partial charge in [0.05, 0.1) is 5.69 Å². The highest BCUT2D eigenvalue weighted by Crippen LogP contribution is 2.30. The lowest BCUT2D eigenvalue weighted by Crippen LogP contribution is -2.21. The summed E-state index contributed by atoms with van der Waals surface area (Å²) >= 11 is 0. The second-order valence-corrected chi connectivity index (χ2v) is 3.80. The molecule has 1 aromatic heterocycles. The molecule has 0 spiro atoms. The highest BCUT2D eigenvalue weighted by molar-refractivity contribution is 6.03. The number of rotatable bonds is 3. The zero-order valence-corrected chi connectivity index (χ0v) is 10.3. The Morgan fingerprint density at radius 2 is 1.90 bits per heavy atom. The minimum absolute atomic E-state index is 0.156. The highest BCUT2D eigenvalue weighted by atomic mass is 19.4. The molecule has 0 aliphatic rings. The molecule has 2 aromatic rings. The van der Waals surface area contributed by atoms with Gasteiger partial charge in [-0.2, -0.15) is 5.10 Å². The Hall–Kier alpha value is -2.84. The molecule has 2 N–H and O–H groups in total. The number of aromatic amines is 1. The normalized spacial score (nSPS) is 11.0. The molecule has 9 heteroatoms. The molecular weight excluding hydrogens is 291 g/mol. The van der Waals surface area contributed by atoms with Crippen LogP contribution in [-0.4, -0.2) is 22.5 Å². The summed E-state index contributed by atoms with van der Waals surface area (Å²) < 4.78 is 40.5. The van der Waals surface area contributed by atoms with Gasteiger partial charge in [0.1, 0.15) is 5.69 Å². The minimum atomic E-state index is -4.88. The Bertz CT molecular complexity index is 692. The van der Waals surface area contributed by atoms with Crippen LogP contribution in [0.3, 0.4) is 0 Å². The van der Waals surface area contributed by atoms with E-state index in [9.17, 15) is 22.8 Å². The van der Waals surface area contributed by atoms with E-state index in [1.807, 2.05) is 5.10 Å². The van der Waals surface area contributed by atoms with Crippen LogP contribution in [0.4, 0.5) is 18.9 Å². The van der Waals surface area contributed by atoms with Gasteiger partial charge < -0.3 is 10.1 Å². The predicted molar refractivity (Wildman–Crippen MR) is 65.9 cm³/mol. The molecule has 110 valence electrons. The van der Waals surface area contributed by atoms with Gasteiger partial charge in [-0.25, -0.2) is 5.10 Å². The molecule has 1 heterocycles. The van der Waals surface area contributed by atoms with Crippen LogP contribution in [-0.2, 0) is 0 Å². The number of carbonyl (C=O) groups is 1. The third kappa shape index (κ3) is 4.06. The lowest BCUT2D eigenvalue weighted by molar-refractivity contribution is -0.274. The number of para-hydroxylation sites is 2. The number of nitrogens with one attached hydrogen (secondary N) is 2. The molecule has 0 saturated heterocycles. The quantitative estimate of drug-likeness (QED) is 0.907. The SMILES string of the molecule is O=C(Nc1ccccc1OC(F)(F)F)c1ccc(=O)[nH]n1. The van der Waals surface area contributed by atoms with E-state index in [1.165, 1.54) is 18.2 Å². The molecule has 0 aliphatic carbocycles. The van der Waals surface area contributed by atoms with Gasteiger partial charge >= 0.3 is 6.36 Å². The van der Waals surface area contributed by atoms with Crippen molar-refractivity contribution in [3.05, 3.63) is 52.4 Å². The number of benzene rings is 1. The molecule has 0 aliphatic heterocycles. The number of nitrogens with zero attached hydrogens (tertiary/aromatic N) is 1. The molecule has 1 amide bonds. The van der Waals surface area contributed by atoms with Gasteiger partial charge in [0.2, 0.25) is 0 Å². The molecule has 6 nitrogen and oxygen atoms in total. The van der Waals surface area contributed by atoms with Crippen LogP contribution >= 0.6 is 0 Å². The summed E-state index contributed by atoms with van der Waals surface area (Å²) in [6.07, 6.45) is -4.88. The fourth-order valence-corrected chi connectivity index (χ4v) is 1.44. The molecular formula is C12H8F3N3O3. The number of amides is 1. The topological polar surface area (TPSA) is 84.1 Å². The van der Waals surface area contributed by atoms with Gasteiger partial charge in [0.15, 0.2) is 5.75 Å². The molecule has 0 unspecified atom stereocenters. The Morgan fingerprint density at radius 1 is 1.19 bits per heavy atom. The summed E-state index contributed by atoms with van der Waals surface area (Å²) in [5.41, 5.74) is -0.836. The monoisotopic (exact) mass is 299 g/mol. The van der Waals surface area contributed by atoms with Crippen molar-refractivity contribution in [2.45, 2.75) is 6.36 Å². The highest BCUT2D eigenvalue weighted by Gasteiger charge is 2.32. The number of carbonyl (C=O) groups excluding carboxylic acids is 1. The first-order valence-electron chi connectivity index (χ1n) is 5.57. The zero-order valence-electron chi connectivity index (χ0n) is 10.3. The van der Waals surface area contributed by atoms with Gasteiger partial charge in [0, 0.05) is 6.07 Å². The van der Waals surface area contributed by atoms with E-state index in [4.69, 9.17) is 0 Å². The van der Waals surface area contributed by atoms with Crippen LogP contribution in [0.5, 0.6) is 5.75 Å². The van der Waals surface area contributed by atoms with Crippen LogP contribution in [0.2, 0.25) is 0 Å². The number of hydrogen-bond acceptors (Lipinski definition) is 4. The van der Waals surface area contributed by atoms with Crippen molar-refractivity contribution >= 4 is 11.6 Å². The average molecular weight is 299 g/mol. The standard InChI is InChI=1S/C12H8F3N3O3/c13-12(14,15)21-9-4-2-1-3-7(9)16-11(20)8-5-6-10(19)18-17-8/h1-6H,(H,16,20)(H,18,19). The molecule has 21 heavy (non-hydrogen) atoms. The van der Waals surface area contributed by atoms with E-state index in [1.54, 1.807) is 0 Å². The first-order chi connectivity index (χ1) is 9.85. The molecule has 0 bridgehead atoms. The summed E-state index contributed by atoms with van der Waals surface area (Å²) in [5.74, 6) is -1.34. The lowest BCUT2D eigenvalue weighted by Gasteiger charge is -2.13. The lowest BCUT2D eigenvalue weighted by atomic mass is 10.2. The average Bonchev–Trinajstić information content (AvgIpc) is 2.40. The van der Waals surface area contributed by atoms with Crippen molar-refractivity contribution in [2.75, 3.05) is 5.32 Å². The predicted octanol–water partition coefficient (Wildman–Crippen LogP) is 1.92. The van der Waals surface area contributed by atoms with Crippen LogP contribution in [0.15, 0.2) is 41.2 Å². The van der Waals surface area contributed by atoms with Crippen molar-refractivity contribution in [1.29, 1.82) is 0 Å². The number of alkyl halides is 3. The summed E-state index contributed by atoms with van der Waals surface area (Å²) in [6, 6.07) is 7.27. The first kappa shape index (κ1) is 14.6. The van der Waals surface area contributed by atoms with Gasteiger partial charge in [-0.3, -0.25) is 9.59 Å². The van der Waals surface area contributed by atoms with Crippen molar-refractivity contribution in [3.63, 3.8) is 0 Å². The number of halogens is 3. The first-order valence-corrected chi connectivity index (χ1v) is 5.57. The molecule has 0 atom stereocenters. The van der Waals surface area contributed by atoms with E-state index in [2.05, 4.69) is 15.2 Å². The molecule has 0 fully saturated rings. The van der Waals surface area contributed by atoms with Crippen molar-refractivity contribution in [1.82, 2.24) is 10.2 Å². The number of hydrogen-bond donors (Lipinski definition) is 2. The number of ether oxygens (including phenoxy) is 1. The summed E-state index contributed by atoms with van der Waals surface area (Å²) in [5, 5.41) is 7.73. The number of anilines is 1. The zero-order chi connectivity index (χ0) is 15.5. The maximum Gasteiger partial charge on any atom is 0.573 e. The van der Waals surface area contributed by atoms with Crippen molar-refractivity contribution in [3.8, 4) is 5.75 Å². The molecule has 1 aromatic carbocycles. The van der Waals surface area contributed by atoms with Gasteiger partial charge in [-0.05, 0) is 18.2 Å². The fraction of sp³-hybridized carbons (Fsp3) is 0.0833. The third-order valence-electron chi connectivity index (χ3n) is 2.27. The van der Waals surface area contributed by atoms with E-state index in [0.29, 0.717) is 0 Å². The van der Waals surface area contributed by atoms with E-state index < -0.39 is 23.6 Å². The number of aromatic nitrogens is 2. The third-order valence-corrected chi connectivity index (χ3v) is 2.27. The van der Waals surface area contributed by atoms with Crippen LogP contribution in [0, 0.1) is 0 Å². The van der Waals surface area contributed by atoms with Gasteiger partial charge in [0.25, 0.3) is 11.5 Å². The molecule has 2 rings (SSSR count). The Kier molecular flexibility index (Phi) is 3.92. The smallest absolute Gasteiger partial charge is 0.404 e. The van der Waals surface area contributed by atoms with Crippen molar-refractivity contribution < 1.29 is 22.7 Å². The van der Waals surface area contributed by atoms with Crippen LogP contribution in [0.1, 0.15) is 10.5 Å². The van der Waals surface area contributed by atoms with E-state index >= 15 is 0 Å². The molecule has 0 saturated carbocycles. The number of H-pyrrole nitrogens is 1. The van der Waals surface area contributed by atoms with Gasteiger partial charge in [-0.1, -0.05) is 12.1 Å². The Balaban J connectivity index is 2.21. The maximum absolute atomic E-state index is 12.2. The molecule has 0 radical (unpaired) electrons. The summed E-state index contributed by atoms with van der Waals surface area (Å²) in [7, 11) is 0. The Labute approximate surface area is 115 Å². The second kappa shape index (κ2) is 5.65. The van der Waals surface area contributed by atoms with Crippen molar-refractivity contribution in [2.24, 2.45) is 0 Å². The minimum Gasteiger partial charge on any atom is -0.404 e. The van der Waals surface area contributed by atoms with E-state index in [-0.39, 0.29) is 11.4 Å². The van der Waals surface area contributed by atoms with Gasteiger partial charge in [-0.15, -0.1) is 13.2 Å². The maximum atomic E-state index is 12.2. The fourth-order valence-electron chi connectivity index (χ4n) is 1.44.